The topological polar surface area (TPSA) is 112 Å². The fourth-order valence-electron chi connectivity index (χ4n) is 2.09. The first kappa shape index (κ1) is 16.3. The summed E-state index contributed by atoms with van der Waals surface area (Å²) >= 11 is 0. The number of likely N-dealkylation sites (tertiary alicyclic amines) is 1. The number of rotatable bonds is 5. The van der Waals surface area contributed by atoms with Gasteiger partial charge in [-0.25, -0.2) is 0 Å². The molecule has 2 rings (SSSR count). The molecular formula is C15H16N4O4. The van der Waals surface area contributed by atoms with Gasteiger partial charge in [0.1, 0.15) is 18.4 Å². The Balaban J connectivity index is 1.72. The Hall–Kier alpha value is -3.08. The highest BCUT2D eigenvalue weighted by atomic mass is 16.5. The third-order valence-corrected chi connectivity index (χ3v) is 3.21. The molecule has 0 bridgehead atoms. The number of ether oxygens (including phenoxy) is 1. The standard InChI is InChI=1S/C15H16N4O4/c16-8-11-4-1-2-5-12(11)23-10-14(21)18-17-13(20)9-19-7-3-6-15(19)22/h1-2,4-5H,3,6-7,9-10H2,(H,17,20)(H,18,21). The minimum Gasteiger partial charge on any atom is -0.482 e. The summed E-state index contributed by atoms with van der Waals surface area (Å²) in [5, 5.41) is 8.90. The lowest BCUT2D eigenvalue weighted by Crippen LogP contribution is -2.48. The largest absolute Gasteiger partial charge is 0.482 e. The van der Waals surface area contributed by atoms with Crippen molar-refractivity contribution in [2.24, 2.45) is 0 Å². The molecule has 1 fully saturated rings. The lowest BCUT2D eigenvalue weighted by Gasteiger charge is -2.15. The number of hydrogen-bond donors (Lipinski definition) is 2. The number of nitrogens with zero attached hydrogens (tertiary/aromatic N) is 2. The zero-order valence-corrected chi connectivity index (χ0v) is 12.4. The second-order valence-electron chi connectivity index (χ2n) is 4.91. The van der Waals surface area contributed by atoms with E-state index in [2.05, 4.69) is 10.9 Å². The molecule has 1 aliphatic rings. The number of carbonyl (C=O) groups is 3. The third kappa shape index (κ3) is 4.71. The van der Waals surface area contributed by atoms with E-state index in [1.807, 2.05) is 6.07 Å². The van der Waals surface area contributed by atoms with Crippen LogP contribution in [0.2, 0.25) is 0 Å². The van der Waals surface area contributed by atoms with Crippen LogP contribution in [0.3, 0.4) is 0 Å². The van der Waals surface area contributed by atoms with Crippen LogP contribution in [0.5, 0.6) is 5.75 Å². The van der Waals surface area contributed by atoms with E-state index >= 15 is 0 Å². The molecule has 0 unspecified atom stereocenters. The van der Waals surface area contributed by atoms with Gasteiger partial charge in [0.05, 0.1) is 5.56 Å². The summed E-state index contributed by atoms with van der Waals surface area (Å²) in [6.45, 7) is 0.118. The first-order valence-electron chi connectivity index (χ1n) is 7.07. The normalized spacial score (nSPS) is 13.3. The molecule has 1 aliphatic heterocycles. The summed E-state index contributed by atoms with van der Waals surface area (Å²) in [7, 11) is 0. The maximum atomic E-state index is 11.6. The first-order chi connectivity index (χ1) is 11.1. The second-order valence-corrected chi connectivity index (χ2v) is 4.91. The highest BCUT2D eigenvalue weighted by molar-refractivity contribution is 5.87. The van der Waals surface area contributed by atoms with Crippen LogP contribution in [0.15, 0.2) is 24.3 Å². The monoisotopic (exact) mass is 316 g/mol. The molecule has 0 spiro atoms. The maximum Gasteiger partial charge on any atom is 0.276 e. The molecule has 1 saturated heterocycles. The lowest BCUT2D eigenvalue weighted by molar-refractivity contribution is -0.134. The van der Waals surface area contributed by atoms with Gasteiger partial charge in [0, 0.05) is 13.0 Å². The van der Waals surface area contributed by atoms with Crippen molar-refractivity contribution in [3.63, 3.8) is 0 Å². The molecule has 3 amide bonds. The van der Waals surface area contributed by atoms with Crippen LogP contribution in [-0.2, 0) is 14.4 Å². The van der Waals surface area contributed by atoms with Crippen molar-refractivity contribution in [2.45, 2.75) is 12.8 Å². The molecule has 1 aromatic carbocycles. The molecule has 0 atom stereocenters. The molecule has 0 aromatic heterocycles. The van der Waals surface area contributed by atoms with Gasteiger partial charge in [-0.2, -0.15) is 5.26 Å². The van der Waals surface area contributed by atoms with E-state index in [-0.39, 0.29) is 19.1 Å². The fourth-order valence-corrected chi connectivity index (χ4v) is 2.09. The smallest absolute Gasteiger partial charge is 0.276 e. The molecular weight excluding hydrogens is 300 g/mol. The fraction of sp³-hybridized carbons (Fsp3) is 0.333. The van der Waals surface area contributed by atoms with Gasteiger partial charge >= 0.3 is 0 Å². The van der Waals surface area contributed by atoms with Gasteiger partial charge in [-0.3, -0.25) is 25.2 Å². The second kappa shape index (κ2) is 7.79. The highest BCUT2D eigenvalue weighted by Crippen LogP contribution is 2.16. The highest BCUT2D eigenvalue weighted by Gasteiger charge is 2.22. The number of hydrogen-bond acceptors (Lipinski definition) is 5. The molecule has 23 heavy (non-hydrogen) atoms. The third-order valence-electron chi connectivity index (χ3n) is 3.21. The molecule has 2 N–H and O–H groups in total. The first-order valence-corrected chi connectivity index (χ1v) is 7.07. The predicted octanol–water partition coefficient (Wildman–Crippen LogP) is -0.293. The predicted molar refractivity (Wildman–Crippen MR) is 78.8 cm³/mol. The zero-order valence-electron chi connectivity index (χ0n) is 12.4. The van der Waals surface area contributed by atoms with Crippen molar-refractivity contribution in [1.82, 2.24) is 15.8 Å². The van der Waals surface area contributed by atoms with E-state index in [1.165, 1.54) is 4.90 Å². The van der Waals surface area contributed by atoms with Gasteiger partial charge in [0.2, 0.25) is 5.91 Å². The summed E-state index contributed by atoms with van der Waals surface area (Å²) in [6.07, 6.45) is 1.19. The minimum absolute atomic E-state index is 0.0667. The number of carbonyl (C=O) groups excluding carboxylic acids is 3. The van der Waals surface area contributed by atoms with Crippen molar-refractivity contribution in [2.75, 3.05) is 19.7 Å². The number of benzene rings is 1. The van der Waals surface area contributed by atoms with E-state index in [0.717, 1.165) is 6.42 Å². The van der Waals surface area contributed by atoms with E-state index in [1.54, 1.807) is 24.3 Å². The molecule has 8 heteroatoms. The molecule has 0 aliphatic carbocycles. The Labute approximate surface area is 133 Å². The maximum absolute atomic E-state index is 11.6. The quantitative estimate of drug-likeness (QED) is 0.725. The number of hydrazine groups is 1. The summed E-state index contributed by atoms with van der Waals surface area (Å²) in [5.41, 5.74) is 4.73. The molecule has 8 nitrogen and oxygen atoms in total. The van der Waals surface area contributed by atoms with Gasteiger partial charge in [-0.15, -0.1) is 0 Å². The minimum atomic E-state index is -0.571. The van der Waals surface area contributed by atoms with Crippen LogP contribution in [0, 0.1) is 11.3 Å². The Morgan fingerprint density at radius 2 is 2.00 bits per heavy atom. The summed E-state index contributed by atoms with van der Waals surface area (Å²) in [5.74, 6) is -0.827. The number of nitrogens with one attached hydrogen (secondary N) is 2. The molecule has 0 radical (unpaired) electrons. The Morgan fingerprint density at radius 1 is 1.26 bits per heavy atom. The Bertz CT molecular complexity index is 653. The van der Waals surface area contributed by atoms with Crippen molar-refractivity contribution in [3.8, 4) is 11.8 Å². The van der Waals surface area contributed by atoms with E-state index in [0.29, 0.717) is 24.3 Å². The van der Waals surface area contributed by atoms with Crippen molar-refractivity contribution in [3.05, 3.63) is 29.8 Å². The summed E-state index contributed by atoms with van der Waals surface area (Å²) < 4.78 is 5.22. The molecule has 1 heterocycles. The average Bonchev–Trinajstić information content (AvgIpc) is 2.96. The van der Waals surface area contributed by atoms with Crippen LogP contribution in [0.1, 0.15) is 18.4 Å². The van der Waals surface area contributed by atoms with Crippen molar-refractivity contribution >= 4 is 17.7 Å². The Kier molecular flexibility index (Phi) is 5.52. The van der Waals surface area contributed by atoms with Crippen LogP contribution in [0.4, 0.5) is 0 Å². The van der Waals surface area contributed by atoms with Crippen molar-refractivity contribution < 1.29 is 19.1 Å². The van der Waals surface area contributed by atoms with Gasteiger partial charge in [0.15, 0.2) is 6.61 Å². The Morgan fingerprint density at radius 3 is 2.70 bits per heavy atom. The van der Waals surface area contributed by atoms with Crippen molar-refractivity contribution in [1.29, 1.82) is 5.26 Å². The molecule has 120 valence electrons. The van der Waals surface area contributed by atoms with Gasteiger partial charge in [-0.1, -0.05) is 12.1 Å². The number of amides is 3. The lowest BCUT2D eigenvalue weighted by atomic mass is 10.2. The number of para-hydroxylation sites is 1. The van der Waals surface area contributed by atoms with Crippen LogP contribution in [0.25, 0.3) is 0 Å². The summed E-state index contributed by atoms with van der Waals surface area (Å²) in [6, 6.07) is 8.46. The number of nitriles is 1. The average molecular weight is 316 g/mol. The molecule has 0 saturated carbocycles. The van der Waals surface area contributed by atoms with E-state index in [4.69, 9.17) is 10.00 Å². The van der Waals surface area contributed by atoms with E-state index in [9.17, 15) is 14.4 Å². The van der Waals surface area contributed by atoms with Gasteiger partial charge in [-0.05, 0) is 18.6 Å². The SMILES string of the molecule is N#Cc1ccccc1OCC(=O)NNC(=O)CN1CCCC1=O. The van der Waals surface area contributed by atoms with E-state index < -0.39 is 11.8 Å². The van der Waals surface area contributed by atoms with Crippen LogP contribution >= 0.6 is 0 Å². The van der Waals surface area contributed by atoms with Gasteiger partial charge < -0.3 is 9.64 Å². The van der Waals surface area contributed by atoms with Crippen LogP contribution < -0.4 is 15.6 Å². The zero-order chi connectivity index (χ0) is 16.7. The van der Waals surface area contributed by atoms with Gasteiger partial charge in [0.25, 0.3) is 11.8 Å². The van der Waals surface area contributed by atoms with Crippen LogP contribution in [-0.4, -0.2) is 42.3 Å². The molecule has 1 aromatic rings. The summed E-state index contributed by atoms with van der Waals surface area (Å²) in [4.78, 5) is 36.0.